The van der Waals surface area contributed by atoms with Gasteiger partial charge in [-0.15, -0.1) is 0 Å². The van der Waals surface area contributed by atoms with Crippen LogP contribution in [-0.4, -0.2) is 11.3 Å². The Morgan fingerprint density at radius 1 is 0.952 bits per heavy atom. The van der Waals surface area contributed by atoms with Crippen LogP contribution in [0.15, 0.2) is 59.5 Å². The topological polar surface area (TPSA) is 17.1 Å². The summed E-state index contributed by atoms with van der Waals surface area (Å²) >= 11 is 0.582. The maximum atomic E-state index is 13.9. The number of ketones is 1. The highest BCUT2D eigenvalue weighted by Crippen LogP contribution is 2.32. The van der Waals surface area contributed by atoms with E-state index in [1.54, 1.807) is 18.2 Å². The summed E-state index contributed by atoms with van der Waals surface area (Å²) in [6.45, 7) is 0. The second-order valence-electron chi connectivity index (χ2n) is 4.19. The van der Waals surface area contributed by atoms with Gasteiger partial charge in [-0.2, -0.15) is 13.2 Å². The van der Waals surface area contributed by atoms with E-state index in [2.05, 4.69) is 0 Å². The number of halogens is 4. The second-order valence-corrected chi connectivity index (χ2v) is 5.31. The molecule has 0 aromatic heterocycles. The van der Waals surface area contributed by atoms with E-state index in [-0.39, 0.29) is 10.5 Å². The van der Waals surface area contributed by atoms with Gasteiger partial charge in [-0.25, -0.2) is 4.39 Å². The molecule has 0 heterocycles. The van der Waals surface area contributed by atoms with Gasteiger partial charge in [0.2, 0.25) is 11.3 Å². The molecule has 2 aromatic carbocycles. The van der Waals surface area contributed by atoms with Gasteiger partial charge in [-0.1, -0.05) is 42.1 Å². The lowest BCUT2D eigenvalue weighted by Gasteiger charge is -2.09. The number of carbonyl (C=O) groups excluding carboxylic acids is 1. The summed E-state index contributed by atoms with van der Waals surface area (Å²) in [5, 5.41) is 0. The van der Waals surface area contributed by atoms with Crippen LogP contribution >= 0.6 is 11.8 Å². The van der Waals surface area contributed by atoms with Crippen molar-refractivity contribution in [3.05, 3.63) is 65.7 Å². The van der Waals surface area contributed by atoms with E-state index < -0.39 is 23.0 Å². The van der Waals surface area contributed by atoms with Gasteiger partial charge in [0.1, 0.15) is 0 Å². The van der Waals surface area contributed by atoms with Crippen LogP contribution in [-0.2, 0) is 6.18 Å². The van der Waals surface area contributed by atoms with Crippen molar-refractivity contribution in [3.8, 4) is 0 Å². The zero-order valence-electron chi connectivity index (χ0n) is 10.6. The van der Waals surface area contributed by atoms with Crippen molar-refractivity contribution >= 4 is 17.5 Å². The fourth-order valence-corrected chi connectivity index (χ4v) is 2.40. The number of hydrogen-bond donors (Lipinski definition) is 0. The van der Waals surface area contributed by atoms with Crippen LogP contribution in [0, 0.1) is 0 Å². The van der Waals surface area contributed by atoms with E-state index in [4.69, 9.17) is 0 Å². The molecule has 0 amide bonds. The first-order chi connectivity index (χ1) is 9.88. The molecular formula is C15H10F4OS. The van der Waals surface area contributed by atoms with Crippen LogP contribution in [0.2, 0.25) is 0 Å². The molecular weight excluding hydrogens is 304 g/mol. The van der Waals surface area contributed by atoms with Crippen molar-refractivity contribution in [1.82, 2.24) is 0 Å². The highest BCUT2D eigenvalue weighted by Gasteiger charge is 2.30. The first kappa shape index (κ1) is 15.6. The molecule has 0 aliphatic heterocycles. The summed E-state index contributed by atoms with van der Waals surface area (Å²) in [4.78, 5) is 12.1. The van der Waals surface area contributed by atoms with E-state index in [9.17, 15) is 22.4 Å². The minimum atomic E-state index is -4.43. The summed E-state index contributed by atoms with van der Waals surface area (Å²) in [6, 6.07) is 11.9. The SMILES string of the molecule is O=C(c1ccccc1)C(F)Sc1ccc(C(F)(F)F)cc1. The molecule has 1 unspecified atom stereocenters. The molecule has 0 saturated heterocycles. The van der Waals surface area contributed by atoms with Crippen molar-refractivity contribution in [1.29, 1.82) is 0 Å². The van der Waals surface area contributed by atoms with Crippen molar-refractivity contribution in [3.63, 3.8) is 0 Å². The molecule has 6 heteroatoms. The largest absolute Gasteiger partial charge is 0.416 e. The van der Waals surface area contributed by atoms with Crippen LogP contribution < -0.4 is 0 Å². The molecule has 2 rings (SSSR count). The number of rotatable bonds is 4. The first-order valence-corrected chi connectivity index (χ1v) is 6.83. The van der Waals surface area contributed by atoms with Crippen LogP contribution in [0.3, 0.4) is 0 Å². The molecule has 2 aromatic rings. The molecule has 0 fully saturated rings. The van der Waals surface area contributed by atoms with Crippen molar-refractivity contribution in [2.24, 2.45) is 0 Å². The molecule has 0 saturated carbocycles. The van der Waals surface area contributed by atoms with Gasteiger partial charge in [0.15, 0.2) is 0 Å². The minimum Gasteiger partial charge on any atom is -0.290 e. The average Bonchev–Trinajstić information content (AvgIpc) is 2.47. The summed E-state index contributed by atoms with van der Waals surface area (Å²) in [7, 11) is 0. The van der Waals surface area contributed by atoms with Gasteiger partial charge in [-0.3, -0.25) is 4.79 Å². The fraction of sp³-hybridized carbons (Fsp3) is 0.133. The van der Waals surface area contributed by atoms with E-state index >= 15 is 0 Å². The fourth-order valence-electron chi connectivity index (χ4n) is 1.63. The summed E-state index contributed by atoms with van der Waals surface area (Å²) in [5.41, 5.74) is -2.44. The number of alkyl halides is 4. The van der Waals surface area contributed by atoms with E-state index in [0.29, 0.717) is 11.8 Å². The second kappa shape index (κ2) is 6.30. The molecule has 0 bridgehead atoms. The Bertz CT molecular complexity index is 608. The molecule has 21 heavy (non-hydrogen) atoms. The average molecular weight is 314 g/mol. The highest BCUT2D eigenvalue weighted by atomic mass is 32.2. The van der Waals surface area contributed by atoms with Crippen LogP contribution in [0.5, 0.6) is 0 Å². The lowest BCUT2D eigenvalue weighted by molar-refractivity contribution is -0.137. The molecule has 1 atom stereocenters. The number of carbonyl (C=O) groups is 1. The normalized spacial score (nSPS) is 13.0. The standard InChI is InChI=1S/C15H10F4OS/c16-14(13(20)10-4-2-1-3-5-10)21-12-8-6-11(7-9-12)15(17,18)19/h1-9,14H. The lowest BCUT2D eigenvalue weighted by atomic mass is 10.1. The number of hydrogen-bond acceptors (Lipinski definition) is 2. The van der Waals surface area contributed by atoms with E-state index in [0.717, 1.165) is 24.3 Å². The lowest BCUT2D eigenvalue weighted by Crippen LogP contribution is -2.11. The maximum absolute atomic E-state index is 13.9. The van der Waals surface area contributed by atoms with Crippen LogP contribution in [0.1, 0.15) is 15.9 Å². The van der Waals surface area contributed by atoms with Gasteiger partial charge in [0.25, 0.3) is 0 Å². The highest BCUT2D eigenvalue weighted by molar-refractivity contribution is 8.00. The van der Waals surface area contributed by atoms with Crippen LogP contribution in [0.4, 0.5) is 17.6 Å². The Hall–Kier alpha value is -1.82. The van der Waals surface area contributed by atoms with Crippen molar-refractivity contribution in [2.45, 2.75) is 16.6 Å². The van der Waals surface area contributed by atoms with Gasteiger partial charge in [-0.05, 0) is 24.3 Å². The smallest absolute Gasteiger partial charge is 0.290 e. The quantitative estimate of drug-likeness (QED) is 0.450. The Morgan fingerprint density at radius 3 is 2.05 bits per heavy atom. The molecule has 0 spiro atoms. The Labute approximate surface area is 123 Å². The molecule has 110 valence electrons. The third kappa shape index (κ3) is 4.07. The Morgan fingerprint density at radius 2 is 1.52 bits per heavy atom. The minimum absolute atomic E-state index is 0.226. The summed E-state index contributed by atoms with van der Waals surface area (Å²) in [5.74, 6) is -0.708. The predicted molar refractivity (Wildman–Crippen MR) is 73.0 cm³/mol. The Balaban J connectivity index is 2.06. The predicted octanol–water partition coefficient (Wildman–Crippen LogP) is 4.98. The van der Waals surface area contributed by atoms with Gasteiger partial charge < -0.3 is 0 Å². The first-order valence-electron chi connectivity index (χ1n) is 5.95. The number of Topliss-reactive ketones (excluding diaryl/α,β-unsaturated/α-hetero) is 1. The molecule has 0 radical (unpaired) electrons. The Kier molecular flexibility index (Phi) is 4.67. The molecule has 0 aliphatic rings. The monoisotopic (exact) mass is 314 g/mol. The summed E-state index contributed by atoms with van der Waals surface area (Å²) < 4.78 is 51.1. The molecule has 0 N–H and O–H groups in total. The van der Waals surface area contributed by atoms with Gasteiger partial charge in [0.05, 0.1) is 5.56 Å². The van der Waals surface area contributed by atoms with E-state index in [1.165, 1.54) is 12.1 Å². The number of thioether (sulfide) groups is 1. The van der Waals surface area contributed by atoms with Gasteiger partial charge >= 0.3 is 6.18 Å². The summed E-state index contributed by atoms with van der Waals surface area (Å²) in [6.07, 6.45) is -4.43. The third-order valence-corrected chi connectivity index (χ3v) is 3.65. The zero-order valence-corrected chi connectivity index (χ0v) is 11.4. The zero-order chi connectivity index (χ0) is 15.5. The van der Waals surface area contributed by atoms with Crippen molar-refractivity contribution < 1.29 is 22.4 Å². The molecule has 0 aliphatic carbocycles. The van der Waals surface area contributed by atoms with Gasteiger partial charge in [0, 0.05) is 10.5 Å². The van der Waals surface area contributed by atoms with Crippen molar-refractivity contribution in [2.75, 3.05) is 0 Å². The van der Waals surface area contributed by atoms with E-state index in [1.807, 2.05) is 0 Å². The maximum Gasteiger partial charge on any atom is 0.416 e. The molecule has 1 nitrogen and oxygen atoms in total. The van der Waals surface area contributed by atoms with Crippen LogP contribution in [0.25, 0.3) is 0 Å². The third-order valence-electron chi connectivity index (χ3n) is 2.69. The number of benzene rings is 2.